The summed E-state index contributed by atoms with van der Waals surface area (Å²) >= 11 is 1.36. The SMILES string of the molecule is C=C(c1ccc(OCC=O)cc1)c1sc(Nc2ccc(F)cc2)nc1N. The zero-order chi connectivity index (χ0) is 18.5. The van der Waals surface area contributed by atoms with E-state index >= 15 is 0 Å². The molecule has 0 aliphatic heterocycles. The number of aldehydes is 1. The van der Waals surface area contributed by atoms with E-state index < -0.39 is 0 Å². The third-order valence-electron chi connectivity index (χ3n) is 3.54. The number of nitrogens with zero attached hydrogens (tertiary/aromatic N) is 1. The van der Waals surface area contributed by atoms with Gasteiger partial charge in [-0.3, -0.25) is 4.79 Å². The Labute approximate surface area is 154 Å². The van der Waals surface area contributed by atoms with Gasteiger partial charge in [0.25, 0.3) is 0 Å². The van der Waals surface area contributed by atoms with E-state index in [0.717, 1.165) is 16.0 Å². The number of nitrogens with two attached hydrogens (primary N) is 1. The van der Waals surface area contributed by atoms with Crippen molar-refractivity contribution in [2.45, 2.75) is 0 Å². The van der Waals surface area contributed by atoms with Gasteiger partial charge in [-0.15, -0.1) is 0 Å². The highest BCUT2D eigenvalue weighted by molar-refractivity contribution is 7.17. The van der Waals surface area contributed by atoms with E-state index in [1.807, 2.05) is 12.1 Å². The minimum absolute atomic E-state index is 0.0144. The van der Waals surface area contributed by atoms with Gasteiger partial charge in [0, 0.05) is 5.69 Å². The molecule has 0 saturated heterocycles. The molecular formula is C19H16FN3O2S. The van der Waals surface area contributed by atoms with E-state index in [0.29, 0.717) is 28.7 Å². The number of thiazole rings is 1. The minimum atomic E-state index is -0.302. The molecule has 0 radical (unpaired) electrons. The van der Waals surface area contributed by atoms with E-state index in [4.69, 9.17) is 10.5 Å². The molecule has 0 atom stereocenters. The maximum Gasteiger partial charge on any atom is 0.189 e. The first-order chi connectivity index (χ1) is 12.6. The van der Waals surface area contributed by atoms with Crippen molar-refractivity contribution in [2.75, 3.05) is 17.7 Å². The van der Waals surface area contributed by atoms with E-state index in [-0.39, 0.29) is 12.4 Å². The van der Waals surface area contributed by atoms with E-state index in [2.05, 4.69) is 16.9 Å². The van der Waals surface area contributed by atoms with Gasteiger partial charge in [-0.05, 0) is 47.5 Å². The molecule has 132 valence electrons. The fourth-order valence-corrected chi connectivity index (χ4v) is 3.17. The van der Waals surface area contributed by atoms with Gasteiger partial charge in [0.1, 0.15) is 24.0 Å². The van der Waals surface area contributed by atoms with Gasteiger partial charge < -0.3 is 15.8 Å². The molecule has 26 heavy (non-hydrogen) atoms. The number of nitrogens with one attached hydrogen (secondary N) is 1. The summed E-state index contributed by atoms with van der Waals surface area (Å²) in [6.07, 6.45) is 0.695. The number of benzene rings is 2. The molecule has 0 aliphatic rings. The zero-order valence-electron chi connectivity index (χ0n) is 13.7. The summed E-state index contributed by atoms with van der Waals surface area (Å²) in [6.45, 7) is 4.11. The first-order valence-electron chi connectivity index (χ1n) is 7.72. The van der Waals surface area contributed by atoms with Gasteiger partial charge in [0.05, 0.1) is 4.88 Å². The molecular weight excluding hydrogens is 353 g/mol. The highest BCUT2D eigenvalue weighted by atomic mass is 32.1. The van der Waals surface area contributed by atoms with Crippen LogP contribution in [-0.4, -0.2) is 17.9 Å². The fourth-order valence-electron chi connectivity index (χ4n) is 2.27. The predicted molar refractivity (Wildman–Crippen MR) is 102 cm³/mol. The van der Waals surface area contributed by atoms with Crippen LogP contribution in [0.3, 0.4) is 0 Å². The van der Waals surface area contributed by atoms with Crippen LogP contribution >= 0.6 is 11.3 Å². The molecule has 0 spiro atoms. The van der Waals surface area contributed by atoms with Crippen LogP contribution in [0.5, 0.6) is 5.75 Å². The standard InChI is InChI=1S/C19H16FN3O2S/c1-12(13-2-8-16(9-3-13)25-11-10-24)17-18(21)23-19(26-17)22-15-6-4-14(20)5-7-15/h2-10H,1,11,21H2,(H,22,23). The van der Waals surface area contributed by atoms with Crippen LogP contribution < -0.4 is 15.8 Å². The number of carbonyl (C=O) groups excluding carboxylic acids is 1. The van der Waals surface area contributed by atoms with Crippen molar-refractivity contribution < 1.29 is 13.9 Å². The Kier molecular flexibility index (Phi) is 5.28. The maximum atomic E-state index is 13.0. The molecule has 1 heterocycles. The summed E-state index contributed by atoms with van der Waals surface area (Å²) in [7, 11) is 0. The molecule has 3 N–H and O–H groups in total. The number of aromatic nitrogens is 1. The number of carbonyl (C=O) groups is 1. The van der Waals surface area contributed by atoms with Crippen LogP contribution in [0.1, 0.15) is 10.4 Å². The molecule has 3 aromatic rings. The average Bonchev–Trinajstić information content (AvgIpc) is 3.02. The van der Waals surface area contributed by atoms with E-state index in [9.17, 15) is 9.18 Å². The second-order valence-corrected chi connectivity index (χ2v) is 6.34. The largest absolute Gasteiger partial charge is 0.486 e. The Balaban J connectivity index is 1.76. The molecule has 0 saturated carbocycles. The third kappa shape index (κ3) is 4.07. The van der Waals surface area contributed by atoms with Crippen LogP contribution in [-0.2, 0) is 4.79 Å². The topological polar surface area (TPSA) is 77.2 Å². The smallest absolute Gasteiger partial charge is 0.189 e. The molecule has 1 aromatic heterocycles. The van der Waals surface area contributed by atoms with Crippen molar-refractivity contribution in [2.24, 2.45) is 0 Å². The van der Waals surface area contributed by atoms with Crippen molar-refractivity contribution in [3.63, 3.8) is 0 Å². The minimum Gasteiger partial charge on any atom is -0.486 e. The lowest BCUT2D eigenvalue weighted by molar-refractivity contribution is -0.109. The number of halogens is 1. The fraction of sp³-hybridized carbons (Fsp3) is 0.0526. The second-order valence-electron chi connectivity index (χ2n) is 5.35. The number of hydrogen-bond acceptors (Lipinski definition) is 6. The molecule has 3 rings (SSSR count). The lowest BCUT2D eigenvalue weighted by atomic mass is 10.1. The number of rotatable bonds is 7. The summed E-state index contributed by atoms with van der Waals surface area (Å²) in [4.78, 5) is 15.4. The van der Waals surface area contributed by atoms with Crippen LogP contribution in [0.15, 0.2) is 55.1 Å². The summed E-state index contributed by atoms with van der Waals surface area (Å²) in [6, 6.07) is 13.2. The van der Waals surface area contributed by atoms with Crippen LogP contribution in [0.25, 0.3) is 5.57 Å². The van der Waals surface area contributed by atoms with Gasteiger partial charge in [0.2, 0.25) is 0 Å². The summed E-state index contributed by atoms with van der Waals surface area (Å²) < 4.78 is 18.2. The second kappa shape index (κ2) is 7.79. The van der Waals surface area contributed by atoms with Crippen LogP contribution in [0.4, 0.5) is 21.0 Å². The molecule has 0 bridgehead atoms. The van der Waals surface area contributed by atoms with Crippen molar-refractivity contribution in [1.29, 1.82) is 0 Å². The Hall–Kier alpha value is -3.19. The Morgan fingerprint density at radius 3 is 2.58 bits per heavy atom. The number of nitrogen functional groups attached to an aromatic ring is 1. The number of anilines is 3. The lowest BCUT2D eigenvalue weighted by Gasteiger charge is -2.06. The Morgan fingerprint density at radius 1 is 1.23 bits per heavy atom. The number of ether oxygens (including phenoxy) is 1. The first kappa shape index (κ1) is 17.6. The molecule has 7 heteroatoms. The van der Waals surface area contributed by atoms with Gasteiger partial charge in [-0.2, -0.15) is 0 Å². The molecule has 0 amide bonds. The Morgan fingerprint density at radius 2 is 1.92 bits per heavy atom. The van der Waals surface area contributed by atoms with Gasteiger partial charge in [-0.1, -0.05) is 30.0 Å². The van der Waals surface area contributed by atoms with Crippen molar-refractivity contribution in [3.05, 3.63) is 71.4 Å². The predicted octanol–water partition coefficient (Wildman–Crippen LogP) is 4.25. The lowest BCUT2D eigenvalue weighted by Crippen LogP contribution is -1.97. The molecule has 0 fully saturated rings. The highest BCUT2D eigenvalue weighted by Gasteiger charge is 2.13. The summed E-state index contributed by atoms with van der Waals surface area (Å²) in [5.41, 5.74) is 8.34. The van der Waals surface area contributed by atoms with Crippen molar-refractivity contribution in [3.8, 4) is 5.75 Å². The quantitative estimate of drug-likeness (QED) is 0.609. The Bertz CT molecular complexity index is 921. The average molecular weight is 369 g/mol. The number of hydrogen-bond donors (Lipinski definition) is 2. The maximum absolute atomic E-state index is 13.0. The normalized spacial score (nSPS) is 10.3. The van der Waals surface area contributed by atoms with E-state index in [1.165, 1.54) is 23.5 Å². The summed E-state index contributed by atoms with van der Waals surface area (Å²) in [5, 5.41) is 3.69. The first-order valence-corrected chi connectivity index (χ1v) is 8.53. The highest BCUT2D eigenvalue weighted by Crippen LogP contribution is 2.35. The molecule has 0 unspecified atom stereocenters. The van der Waals surface area contributed by atoms with Gasteiger partial charge in [-0.25, -0.2) is 9.37 Å². The van der Waals surface area contributed by atoms with Crippen LogP contribution in [0, 0.1) is 5.82 Å². The van der Waals surface area contributed by atoms with Gasteiger partial charge >= 0.3 is 0 Å². The van der Waals surface area contributed by atoms with Crippen molar-refractivity contribution >= 4 is 39.8 Å². The molecule has 0 aliphatic carbocycles. The molecule has 2 aromatic carbocycles. The van der Waals surface area contributed by atoms with E-state index in [1.54, 1.807) is 24.3 Å². The van der Waals surface area contributed by atoms with Crippen molar-refractivity contribution in [1.82, 2.24) is 4.98 Å². The molecule has 5 nitrogen and oxygen atoms in total. The van der Waals surface area contributed by atoms with Crippen LogP contribution in [0.2, 0.25) is 0 Å². The monoisotopic (exact) mass is 369 g/mol. The van der Waals surface area contributed by atoms with Gasteiger partial charge in [0.15, 0.2) is 11.4 Å². The third-order valence-corrected chi connectivity index (χ3v) is 4.59. The zero-order valence-corrected chi connectivity index (χ0v) is 14.6. The summed E-state index contributed by atoms with van der Waals surface area (Å²) in [5.74, 6) is 0.666.